The zero-order valence-electron chi connectivity index (χ0n) is 18.7. The van der Waals surface area contributed by atoms with Gasteiger partial charge in [0.1, 0.15) is 17.4 Å². The van der Waals surface area contributed by atoms with E-state index in [1.165, 1.54) is 6.08 Å². The third kappa shape index (κ3) is 7.51. The molecule has 0 atom stereocenters. The van der Waals surface area contributed by atoms with Crippen LogP contribution in [0.5, 0.6) is 17.2 Å². The molecule has 0 aliphatic carbocycles. The van der Waals surface area contributed by atoms with Crippen LogP contribution in [-0.4, -0.2) is 26.2 Å². The summed E-state index contributed by atoms with van der Waals surface area (Å²) in [5.74, 6) is 1.10. The molecule has 7 heteroatoms. The maximum atomic E-state index is 12.6. The van der Waals surface area contributed by atoms with Gasteiger partial charge in [0.15, 0.2) is 11.5 Å². The molecule has 1 amide bonds. The van der Waals surface area contributed by atoms with Crippen LogP contribution in [0.1, 0.15) is 45.1 Å². The summed E-state index contributed by atoms with van der Waals surface area (Å²) in [6.45, 7) is 5.00. The number of anilines is 1. The highest BCUT2D eigenvalue weighted by Gasteiger charge is 2.15. The summed E-state index contributed by atoms with van der Waals surface area (Å²) in [7, 11) is 1.56. The predicted molar refractivity (Wildman–Crippen MR) is 127 cm³/mol. The molecule has 2 aromatic rings. The molecule has 2 aromatic carbocycles. The third-order valence-electron chi connectivity index (χ3n) is 4.60. The van der Waals surface area contributed by atoms with Crippen LogP contribution >= 0.6 is 11.6 Å². The van der Waals surface area contributed by atoms with Gasteiger partial charge < -0.3 is 19.5 Å². The van der Waals surface area contributed by atoms with Gasteiger partial charge in [0, 0.05) is 5.69 Å². The van der Waals surface area contributed by atoms with Crippen molar-refractivity contribution < 1.29 is 19.0 Å². The number of hydrogen-bond donors (Lipinski definition) is 1. The molecule has 32 heavy (non-hydrogen) atoms. The first-order chi connectivity index (χ1) is 15.5. The van der Waals surface area contributed by atoms with Gasteiger partial charge in [-0.3, -0.25) is 4.79 Å². The molecule has 1 N–H and O–H groups in total. The number of methoxy groups -OCH3 is 1. The second kappa shape index (κ2) is 13.3. The molecule has 6 nitrogen and oxygen atoms in total. The number of carbonyl (C=O) groups excluding carboxylic acids is 1. The van der Waals surface area contributed by atoms with Crippen molar-refractivity contribution in [2.45, 2.75) is 39.5 Å². The Labute approximate surface area is 194 Å². The Morgan fingerprint density at radius 3 is 2.50 bits per heavy atom. The van der Waals surface area contributed by atoms with E-state index in [0.29, 0.717) is 46.7 Å². The number of nitrogens with one attached hydrogen (secondary N) is 1. The van der Waals surface area contributed by atoms with E-state index in [-0.39, 0.29) is 5.57 Å². The number of nitriles is 1. The highest BCUT2D eigenvalue weighted by atomic mass is 35.5. The number of nitrogens with zero attached hydrogens (tertiary/aromatic N) is 1. The smallest absolute Gasteiger partial charge is 0.266 e. The highest BCUT2D eigenvalue weighted by Crippen LogP contribution is 2.37. The van der Waals surface area contributed by atoms with Gasteiger partial charge in [-0.2, -0.15) is 5.26 Å². The molecule has 170 valence electrons. The van der Waals surface area contributed by atoms with Gasteiger partial charge in [0.05, 0.1) is 25.3 Å². The number of benzene rings is 2. The van der Waals surface area contributed by atoms with Gasteiger partial charge in [0.25, 0.3) is 5.91 Å². The maximum absolute atomic E-state index is 12.6. The van der Waals surface area contributed by atoms with Gasteiger partial charge >= 0.3 is 0 Å². The van der Waals surface area contributed by atoms with E-state index in [1.54, 1.807) is 43.5 Å². The van der Waals surface area contributed by atoms with Gasteiger partial charge in [0.2, 0.25) is 0 Å². The maximum Gasteiger partial charge on any atom is 0.266 e. The van der Waals surface area contributed by atoms with E-state index in [9.17, 15) is 10.1 Å². The summed E-state index contributed by atoms with van der Waals surface area (Å²) < 4.78 is 16.7. The Balaban J connectivity index is 2.19. The molecule has 0 spiro atoms. The van der Waals surface area contributed by atoms with Crippen LogP contribution in [0.15, 0.2) is 42.0 Å². The third-order valence-corrected chi connectivity index (χ3v) is 4.88. The number of amides is 1. The lowest BCUT2D eigenvalue weighted by atomic mass is 10.1. The first kappa shape index (κ1) is 25.1. The molecule has 0 aliphatic rings. The topological polar surface area (TPSA) is 80.6 Å². The summed E-state index contributed by atoms with van der Waals surface area (Å²) in [5.41, 5.74) is 1.06. The highest BCUT2D eigenvalue weighted by molar-refractivity contribution is 6.32. The van der Waals surface area contributed by atoms with E-state index < -0.39 is 5.91 Å². The number of carbonyl (C=O) groups is 1. The standard InChI is InChI=1S/C25H29ClN2O4/c1-4-6-7-8-13-32-24-22(26)15-18(16-23(24)31-5-2)14-19(17-27)25(29)28-20-9-11-21(30-3)12-10-20/h9-12,14-16H,4-8,13H2,1-3H3,(H,28,29)/b19-14-. The Hall–Kier alpha value is -3.17. The second-order valence-electron chi connectivity index (χ2n) is 7.02. The monoisotopic (exact) mass is 456 g/mol. The molecule has 2 rings (SSSR count). The van der Waals surface area contributed by atoms with E-state index >= 15 is 0 Å². The predicted octanol–water partition coefficient (Wildman–Crippen LogP) is 6.25. The van der Waals surface area contributed by atoms with Gasteiger partial charge in [-0.25, -0.2) is 0 Å². The van der Waals surface area contributed by atoms with Crippen LogP contribution in [0.2, 0.25) is 5.02 Å². The molecule has 0 unspecified atom stereocenters. The van der Waals surface area contributed by atoms with Crippen molar-refractivity contribution in [2.75, 3.05) is 25.6 Å². The van der Waals surface area contributed by atoms with Crippen LogP contribution in [-0.2, 0) is 4.79 Å². The minimum atomic E-state index is -0.525. The van der Waals surface area contributed by atoms with Crippen molar-refractivity contribution in [2.24, 2.45) is 0 Å². The van der Waals surface area contributed by atoms with Crippen LogP contribution < -0.4 is 19.5 Å². The van der Waals surface area contributed by atoms with E-state index in [0.717, 1.165) is 25.7 Å². The molecular formula is C25H29ClN2O4. The minimum Gasteiger partial charge on any atom is -0.497 e. The minimum absolute atomic E-state index is 0.0624. The van der Waals surface area contributed by atoms with Gasteiger partial charge in [-0.15, -0.1) is 0 Å². The summed E-state index contributed by atoms with van der Waals surface area (Å²) in [6.07, 6.45) is 5.81. The molecule has 0 bridgehead atoms. The molecule has 0 fully saturated rings. The van der Waals surface area contributed by atoms with Crippen LogP contribution in [0.3, 0.4) is 0 Å². The molecule has 0 heterocycles. The average molecular weight is 457 g/mol. The summed E-state index contributed by atoms with van der Waals surface area (Å²) in [4.78, 5) is 12.6. The van der Waals surface area contributed by atoms with Crippen molar-refractivity contribution >= 4 is 29.3 Å². The van der Waals surface area contributed by atoms with Gasteiger partial charge in [-0.1, -0.05) is 37.8 Å². The lowest BCUT2D eigenvalue weighted by molar-refractivity contribution is -0.112. The van der Waals surface area contributed by atoms with Crippen molar-refractivity contribution in [1.29, 1.82) is 5.26 Å². The molecular weight excluding hydrogens is 428 g/mol. The van der Waals surface area contributed by atoms with Crippen molar-refractivity contribution in [1.82, 2.24) is 0 Å². The summed E-state index contributed by atoms with van der Waals surface area (Å²) >= 11 is 6.45. The van der Waals surface area contributed by atoms with Crippen LogP contribution in [0.25, 0.3) is 6.08 Å². The quantitative estimate of drug-likeness (QED) is 0.232. The van der Waals surface area contributed by atoms with Crippen molar-refractivity contribution in [3.8, 4) is 23.3 Å². The fourth-order valence-corrected chi connectivity index (χ4v) is 3.24. The molecule has 0 saturated heterocycles. The lowest BCUT2D eigenvalue weighted by Gasteiger charge is -2.14. The number of unbranched alkanes of at least 4 members (excludes halogenated alkanes) is 3. The fraction of sp³-hybridized carbons (Fsp3) is 0.360. The summed E-state index contributed by atoms with van der Waals surface area (Å²) in [6, 6.07) is 12.2. The first-order valence-corrected chi connectivity index (χ1v) is 11.1. The fourth-order valence-electron chi connectivity index (χ4n) is 2.97. The molecule has 0 aromatic heterocycles. The normalized spacial score (nSPS) is 10.9. The Morgan fingerprint density at radius 1 is 1.12 bits per heavy atom. The average Bonchev–Trinajstić information content (AvgIpc) is 2.79. The zero-order valence-corrected chi connectivity index (χ0v) is 19.5. The summed E-state index contributed by atoms with van der Waals surface area (Å²) in [5, 5.41) is 12.6. The van der Waals surface area contributed by atoms with Gasteiger partial charge in [-0.05, 0) is 61.4 Å². The van der Waals surface area contributed by atoms with E-state index in [4.69, 9.17) is 25.8 Å². The van der Waals surface area contributed by atoms with Crippen molar-refractivity contribution in [3.05, 3.63) is 52.6 Å². The Bertz CT molecular complexity index is 965. The van der Waals surface area contributed by atoms with Crippen molar-refractivity contribution in [3.63, 3.8) is 0 Å². The van der Waals surface area contributed by atoms with E-state index in [1.807, 2.05) is 13.0 Å². The number of halogens is 1. The largest absolute Gasteiger partial charge is 0.497 e. The van der Waals surface area contributed by atoms with E-state index in [2.05, 4.69) is 12.2 Å². The van der Waals surface area contributed by atoms with Crippen LogP contribution in [0.4, 0.5) is 5.69 Å². The van der Waals surface area contributed by atoms with Crippen LogP contribution in [0, 0.1) is 11.3 Å². The number of rotatable bonds is 12. The lowest BCUT2D eigenvalue weighted by Crippen LogP contribution is -2.13. The first-order valence-electron chi connectivity index (χ1n) is 10.7. The number of hydrogen-bond acceptors (Lipinski definition) is 5. The Morgan fingerprint density at radius 2 is 1.88 bits per heavy atom. The molecule has 0 aliphatic heterocycles. The second-order valence-corrected chi connectivity index (χ2v) is 7.43. The molecule has 0 radical (unpaired) electrons. The zero-order chi connectivity index (χ0) is 23.3. The number of ether oxygens (including phenoxy) is 3. The molecule has 0 saturated carbocycles. The SMILES string of the molecule is CCCCCCOc1c(Cl)cc(/C=C(/C#N)C(=O)Nc2ccc(OC)cc2)cc1OCC. The Kier molecular flexibility index (Phi) is 10.4.